The summed E-state index contributed by atoms with van der Waals surface area (Å²) in [4.78, 5) is 11.8. The van der Waals surface area contributed by atoms with Gasteiger partial charge in [0.15, 0.2) is 23.3 Å². The van der Waals surface area contributed by atoms with Gasteiger partial charge in [0, 0.05) is 17.8 Å². The Morgan fingerprint density at radius 2 is 1.79 bits per heavy atom. The molecule has 8 heteroatoms. The molecule has 1 rings (SSSR count). The third-order valence-corrected chi connectivity index (χ3v) is 2.56. The van der Waals surface area contributed by atoms with E-state index < -0.39 is 28.8 Å². The molecule has 1 aromatic carbocycles. The van der Waals surface area contributed by atoms with Crippen LogP contribution >= 0.6 is 0 Å². The van der Waals surface area contributed by atoms with E-state index in [0.717, 1.165) is 0 Å². The smallest absolute Gasteiger partial charge is 0.237 e. The Bertz CT molecular complexity index is 521. The van der Waals surface area contributed by atoms with Gasteiger partial charge in [-0.25, -0.2) is 13.2 Å². The SMILES string of the molecule is CC(C)(C(=O)Nc1cc(F)c(F)c(F)c1)C(N)=NO. The van der Waals surface area contributed by atoms with Crippen LogP contribution in [0.25, 0.3) is 0 Å². The number of nitrogens with zero attached hydrogens (tertiary/aromatic N) is 1. The molecule has 0 spiro atoms. The Labute approximate surface area is 106 Å². The van der Waals surface area contributed by atoms with E-state index in [4.69, 9.17) is 10.9 Å². The van der Waals surface area contributed by atoms with Gasteiger partial charge in [-0.05, 0) is 13.8 Å². The lowest BCUT2D eigenvalue weighted by Crippen LogP contribution is -2.42. The highest BCUT2D eigenvalue weighted by Crippen LogP contribution is 2.21. The van der Waals surface area contributed by atoms with Gasteiger partial charge < -0.3 is 16.3 Å². The maximum absolute atomic E-state index is 13.0. The molecule has 0 aromatic heterocycles. The Hall–Kier alpha value is -2.25. The number of carbonyl (C=O) groups excluding carboxylic acids is 1. The highest BCUT2D eigenvalue weighted by atomic mass is 19.2. The molecule has 104 valence electrons. The first kappa shape index (κ1) is 14.8. The monoisotopic (exact) mass is 275 g/mol. The van der Waals surface area contributed by atoms with Gasteiger partial charge in [-0.2, -0.15) is 0 Å². The van der Waals surface area contributed by atoms with Crippen molar-refractivity contribution in [3.8, 4) is 0 Å². The van der Waals surface area contributed by atoms with E-state index in [9.17, 15) is 18.0 Å². The number of amides is 1. The lowest BCUT2D eigenvalue weighted by Gasteiger charge is -2.21. The Kier molecular flexibility index (Phi) is 4.03. The Morgan fingerprint density at radius 3 is 2.21 bits per heavy atom. The lowest BCUT2D eigenvalue weighted by atomic mass is 9.91. The minimum atomic E-state index is -1.63. The van der Waals surface area contributed by atoms with Crippen molar-refractivity contribution in [1.29, 1.82) is 0 Å². The van der Waals surface area contributed by atoms with Crippen LogP contribution in [0.4, 0.5) is 18.9 Å². The average Bonchev–Trinajstić information content (AvgIpc) is 2.34. The van der Waals surface area contributed by atoms with Crippen LogP contribution < -0.4 is 11.1 Å². The molecule has 0 radical (unpaired) electrons. The predicted molar refractivity (Wildman–Crippen MR) is 62.1 cm³/mol. The normalized spacial score (nSPS) is 12.4. The summed E-state index contributed by atoms with van der Waals surface area (Å²) in [5.41, 5.74) is 3.64. The fourth-order valence-corrected chi connectivity index (χ4v) is 1.16. The van der Waals surface area contributed by atoms with Crippen molar-refractivity contribution in [3.63, 3.8) is 0 Å². The molecule has 1 amide bonds. The quantitative estimate of drug-likeness (QED) is 0.258. The first-order chi connectivity index (χ1) is 8.70. The van der Waals surface area contributed by atoms with Gasteiger partial charge in [-0.1, -0.05) is 5.16 Å². The second-order valence-corrected chi connectivity index (χ2v) is 4.32. The molecule has 1 aromatic rings. The zero-order valence-electron chi connectivity index (χ0n) is 10.2. The summed E-state index contributed by atoms with van der Waals surface area (Å²) in [7, 11) is 0. The van der Waals surface area contributed by atoms with Crippen LogP contribution in [0.1, 0.15) is 13.8 Å². The average molecular weight is 275 g/mol. The minimum Gasteiger partial charge on any atom is -0.409 e. The fraction of sp³-hybridized carbons (Fsp3) is 0.273. The summed E-state index contributed by atoms with van der Waals surface area (Å²) in [6, 6.07) is 1.25. The van der Waals surface area contributed by atoms with E-state index in [1.165, 1.54) is 13.8 Å². The molecular weight excluding hydrogens is 263 g/mol. The number of anilines is 1. The molecule has 0 aliphatic carbocycles. The second-order valence-electron chi connectivity index (χ2n) is 4.32. The van der Waals surface area contributed by atoms with E-state index in [2.05, 4.69) is 10.5 Å². The van der Waals surface area contributed by atoms with E-state index >= 15 is 0 Å². The fourth-order valence-electron chi connectivity index (χ4n) is 1.16. The number of oxime groups is 1. The van der Waals surface area contributed by atoms with Crippen LogP contribution in [-0.4, -0.2) is 17.0 Å². The molecule has 4 N–H and O–H groups in total. The van der Waals surface area contributed by atoms with E-state index in [0.29, 0.717) is 12.1 Å². The molecule has 0 fully saturated rings. The van der Waals surface area contributed by atoms with E-state index in [-0.39, 0.29) is 11.5 Å². The first-order valence-corrected chi connectivity index (χ1v) is 5.14. The number of halogens is 3. The molecule has 0 saturated heterocycles. The van der Waals surface area contributed by atoms with Crippen LogP contribution in [0.2, 0.25) is 0 Å². The Morgan fingerprint density at radius 1 is 1.32 bits per heavy atom. The van der Waals surface area contributed by atoms with Gasteiger partial charge in [0.1, 0.15) is 5.41 Å². The number of nitrogens with one attached hydrogen (secondary N) is 1. The molecule has 19 heavy (non-hydrogen) atoms. The molecule has 0 aliphatic rings. The number of benzene rings is 1. The number of hydrogen-bond acceptors (Lipinski definition) is 3. The van der Waals surface area contributed by atoms with Gasteiger partial charge in [0.05, 0.1) is 0 Å². The zero-order chi connectivity index (χ0) is 14.8. The van der Waals surface area contributed by atoms with Crippen molar-refractivity contribution in [3.05, 3.63) is 29.6 Å². The van der Waals surface area contributed by atoms with Crippen LogP contribution in [0.15, 0.2) is 17.3 Å². The topological polar surface area (TPSA) is 87.7 Å². The molecule has 0 unspecified atom stereocenters. The Balaban J connectivity index is 3.01. The number of nitrogens with two attached hydrogens (primary N) is 1. The molecular formula is C11H12F3N3O2. The van der Waals surface area contributed by atoms with Crippen LogP contribution in [-0.2, 0) is 4.79 Å². The molecule has 0 saturated carbocycles. The van der Waals surface area contributed by atoms with E-state index in [1.54, 1.807) is 0 Å². The lowest BCUT2D eigenvalue weighted by molar-refractivity contribution is -0.121. The number of rotatable bonds is 3. The number of amidine groups is 1. The number of hydrogen-bond donors (Lipinski definition) is 3. The van der Waals surface area contributed by atoms with Crippen molar-refractivity contribution in [2.75, 3.05) is 5.32 Å². The molecule has 0 heterocycles. The van der Waals surface area contributed by atoms with E-state index in [1.807, 2.05) is 0 Å². The summed E-state index contributed by atoms with van der Waals surface area (Å²) in [5, 5.41) is 13.4. The molecule has 0 atom stereocenters. The predicted octanol–water partition coefficient (Wildman–Crippen LogP) is 1.81. The standard InChI is InChI=1S/C11H12F3N3O2/c1-11(2,9(15)17-19)10(18)16-5-3-6(12)8(14)7(13)4-5/h3-4,19H,1-2H3,(H2,15,17)(H,16,18). The highest BCUT2D eigenvalue weighted by molar-refractivity contribution is 6.11. The minimum absolute atomic E-state index is 0.278. The van der Waals surface area contributed by atoms with Crippen molar-refractivity contribution in [2.24, 2.45) is 16.3 Å². The highest BCUT2D eigenvalue weighted by Gasteiger charge is 2.33. The van der Waals surface area contributed by atoms with Crippen molar-refractivity contribution < 1.29 is 23.2 Å². The van der Waals surface area contributed by atoms with Crippen LogP contribution in [0, 0.1) is 22.9 Å². The summed E-state index contributed by atoms with van der Waals surface area (Å²) >= 11 is 0. The molecule has 5 nitrogen and oxygen atoms in total. The summed E-state index contributed by atoms with van der Waals surface area (Å²) in [6.45, 7) is 2.68. The van der Waals surface area contributed by atoms with Gasteiger partial charge in [0.2, 0.25) is 5.91 Å². The first-order valence-electron chi connectivity index (χ1n) is 5.14. The molecule has 0 aliphatic heterocycles. The van der Waals surface area contributed by atoms with Gasteiger partial charge >= 0.3 is 0 Å². The van der Waals surface area contributed by atoms with Crippen LogP contribution in [0.3, 0.4) is 0 Å². The van der Waals surface area contributed by atoms with Gasteiger partial charge in [-0.15, -0.1) is 0 Å². The summed E-state index contributed by atoms with van der Waals surface area (Å²) in [6.07, 6.45) is 0. The maximum Gasteiger partial charge on any atom is 0.237 e. The van der Waals surface area contributed by atoms with Crippen molar-refractivity contribution >= 4 is 17.4 Å². The summed E-state index contributed by atoms with van der Waals surface area (Å²) in [5.74, 6) is -5.65. The second kappa shape index (κ2) is 5.17. The van der Waals surface area contributed by atoms with Gasteiger partial charge in [0.25, 0.3) is 0 Å². The van der Waals surface area contributed by atoms with Crippen molar-refractivity contribution in [1.82, 2.24) is 0 Å². The number of carbonyl (C=O) groups is 1. The third kappa shape index (κ3) is 2.95. The third-order valence-electron chi connectivity index (χ3n) is 2.56. The van der Waals surface area contributed by atoms with Crippen LogP contribution in [0.5, 0.6) is 0 Å². The molecule has 0 bridgehead atoms. The summed E-state index contributed by atoms with van der Waals surface area (Å²) < 4.78 is 38.6. The van der Waals surface area contributed by atoms with Crippen molar-refractivity contribution in [2.45, 2.75) is 13.8 Å². The zero-order valence-corrected chi connectivity index (χ0v) is 10.2. The maximum atomic E-state index is 13.0. The largest absolute Gasteiger partial charge is 0.409 e. The van der Waals surface area contributed by atoms with Gasteiger partial charge in [-0.3, -0.25) is 4.79 Å².